The molecular weight excluding hydrogens is 332 g/mol. The largest absolute Gasteiger partial charge is 0.347 e. The summed E-state index contributed by atoms with van der Waals surface area (Å²) in [5, 5.41) is 18.5. The standard InChI is InChI=1S/C19H28N4O3/c1-3-16(19-8-12-5-13(9-19)7-14(6-12)10-19)21-18(24)17-15(23(25)26)11-20-22(17)4-2/h11-14,16H,3-10H2,1-2H3,(H,21,24). The molecule has 1 heterocycles. The number of amides is 1. The maximum Gasteiger partial charge on any atom is 0.320 e. The lowest BCUT2D eigenvalue weighted by Gasteiger charge is -2.59. The molecule has 4 saturated carbocycles. The summed E-state index contributed by atoms with van der Waals surface area (Å²) in [6, 6.07) is 0.0863. The number of carbonyl (C=O) groups is 1. The molecule has 4 aliphatic rings. The number of hydrogen-bond donors (Lipinski definition) is 1. The summed E-state index contributed by atoms with van der Waals surface area (Å²) in [4.78, 5) is 23.8. The topological polar surface area (TPSA) is 90.1 Å². The van der Waals surface area contributed by atoms with Gasteiger partial charge in [0.2, 0.25) is 5.69 Å². The number of aromatic nitrogens is 2. The zero-order valence-corrected chi connectivity index (χ0v) is 15.6. The molecule has 0 saturated heterocycles. The van der Waals surface area contributed by atoms with Gasteiger partial charge in [-0.25, -0.2) is 0 Å². The van der Waals surface area contributed by atoms with Gasteiger partial charge in [-0.3, -0.25) is 19.6 Å². The summed E-state index contributed by atoms with van der Waals surface area (Å²) >= 11 is 0. The highest BCUT2D eigenvalue weighted by Crippen LogP contribution is 2.61. The van der Waals surface area contributed by atoms with Crippen molar-refractivity contribution in [3.8, 4) is 0 Å². The third-order valence-electron chi connectivity index (χ3n) is 7.07. The molecule has 1 N–H and O–H groups in total. The van der Waals surface area contributed by atoms with Crippen LogP contribution in [0.2, 0.25) is 0 Å². The number of hydrogen-bond acceptors (Lipinski definition) is 4. The molecular formula is C19H28N4O3. The van der Waals surface area contributed by atoms with Crippen LogP contribution in [0.15, 0.2) is 6.20 Å². The summed E-state index contributed by atoms with van der Waals surface area (Å²) in [5.74, 6) is 2.08. The second kappa shape index (κ2) is 6.35. The third kappa shape index (κ3) is 2.72. The Hall–Kier alpha value is -1.92. The van der Waals surface area contributed by atoms with E-state index in [4.69, 9.17) is 0 Å². The summed E-state index contributed by atoms with van der Waals surface area (Å²) in [5.41, 5.74) is 0.0655. The zero-order chi connectivity index (χ0) is 18.5. The highest BCUT2D eigenvalue weighted by Gasteiger charge is 2.54. The van der Waals surface area contributed by atoms with Crippen molar-refractivity contribution in [2.45, 2.75) is 71.4 Å². The van der Waals surface area contributed by atoms with Crippen LogP contribution in [-0.2, 0) is 6.54 Å². The molecule has 0 spiro atoms. The first-order chi connectivity index (χ1) is 12.5. The Kier molecular flexibility index (Phi) is 4.28. The molecule has 0 radical (unpaired) electrons. The summed E-state index contributed by atoms with van der Waals surface area (Å²) in [6.07, 6.45) is 9.73. The first kappa shape index (κ1) is 17.5. The lowest BCUT2D eigenvalue weighted by molar-refractivity contribution is -0.385. The third-order valence-corrected chi connectivity index (χ3v) is 7.07. The SMILES string of the molecule is CCC(NC(=O)c1c([N+](=O)[O-])cnn1CC)C12CC3CC(CC(C3)C1)C2. The molecule has 1 aromatic heterocycles. The Labute approximate surface area is 153 Å². The van der Waals surface area contributed by atoms with Gasteiger partial charge in [-0.15, -0.1) is 0 Å². The minimum Gasteiger partial charge on any atom is -0.347 e. The van der Waals surface area contributed by atoms with Crippen LogP contribution >= 0.6 is 0 Å². The van der Waals surface area contributed by atoms with E-state index in [0.717, 1.165) is 24.2 Å². The van der Waals surface area contributed by atoms with E-state index in [1.54, 1.807) is 0 Å². The fourth-order valence-corrected chi connectivity index (χ4v) is 6.50. The van der Waals surface area contributed by atoms with Gasteiger partial charge in [0.15, 0.2) is 0 Å². The van der Waals surface area contributed by atoms with E-state index in [-0.39, 0.29) is 28.7 Å². The maximum atomic E-state index is 13.0. The van der Waals surface area contributed by atoms with E-state index in [9.17, 15) is 14.9 Å². The van der Waals surface area contributed by atoms with Crippen molar-refractivity contribution in [1.29, 1.82) is 0 Å². The van der Waals surface area contributed by atoms with Crippen LogP contribution in [0.4, 0.5) is 5.69 Å². The van der Waals surface area contributed by atoms with Crippen LogP contribution in [-0.4, -0.2) is 26.7 Å². The molecule has 7 nitrogen and oxygen atoms in total. The molecule has 26 heavy (non-hydrogen) atoms. The molecule has 0 aromatic carbocycles. The smallest absolute Gasteiger partial charge is 0.320 e. The fraction of sp³-hybridized carbons (Fsp3) is 0.789. The second-order valence-electron chi connectivity index (χ2n) is 8.67. The highest BCUT2D eigenvalue weighted by atomic mass is 16.6. The fourth-order valence-electron chi connectivity index (χ4n) is 6.50. The number of nitro groups is 1. The predicted molar refractivity (Wildman–Crippen MR) is 96.7 cm³/mol. The molecule has 4 fully saturated rings. The maximum absolute atomic E-state index is 13.0. The molecule has 4 aliphatic carbocycles. The lowest BCUT2D eigenvalue weighted by atomic mass is 9.47. The van der Waals surface area contributed by atoms with Gasteiger partial charge in [0.1, 0.15) is 6.20 Å². The monoisotopic (exact) mass is 360 g/mol. The molecule has 7 heteroatoms. The van der Waals surface area contributed by atoms with Crippen LogP contribution in [0, 0.1) is 33.3 Å². The molecule has 142 valence electrons. The minimum atomic E-state index is -0.514. The van der Waals surface area contributed by atoms with Crippen LogP contribution in [0.1, 0.15) is 69.3 Å². The van der Waals surface area contributed by atoms with E-state index in [0.29, 0.717) is 6.54 Å². The van der Waals surface area contributed by atoms with Crippen molar-refractivity contribution in [3.63, 3.8) is 0 Å². The van der Waals surface area contributed by atoms with E-state index < -0.39 is 4.92 Å². The van der Waals surface area contributed by atoms with Gasteiger partial charge in [0.05, 0.1) is 4.92 Å². The Bertz CT molecular complexity index is 691. The Morgan fingerprint density at radius 2 is 1.88 bits per heavy atom. The average Bonchev–Trinajstić information content (AvgIpc) is 3.02. The predicted octanol–water partition coefficient (Wildman–Crippen LogP) is 3.54. The van der Waals surface area contributed by atoms with Crippen molar-refractivity contribution in [2.24, 2.45) is 23.2 Å². The van der Waals surface area contributed by atoms with E-state index in [1.807, 2.05) is 6.92 Å². The Balaban J connectivity index is 1.59. The zero-order valence-electron chi connectivity index (χ0n) is 15.6. The normalized spacial score (nSPS) is 33.2. The van der Waals surface area contributed by atoms with Gasteiger partial charge in [-0.1, -0.05) is 6.92 Å². The number of nitrogens with zero attached hydrogens (tertiary/aromatic N) is 3. The van der Waals surface area contributed by atoms with Gasteiger partial charge < -0.3 is 5.32 Å². The van der Waals surface area contributed by atoms with Gasteiger partial charge >= 0.3 is 5.69 Å². The van der Waals surface area contributed by atoms with E-state index in [2.05, 4.69) is 17.3 Å². The van der Waals surface area contributed by atoms with Gasteiger partial charge in [-0.2, -0.15) is 5.10 Å². The van der Waals surface area contributed by atoms with Crippen molar-refractivity contribution in [3.05, 3.63) is 22.0 Å². The quantitative estimate of drug-likeness (QED) is 0.620. The van der Waals surface area contributed by atoms with Crippen LogP contribution < -0.4 is 5.32 Å². The molecule has 4 bridgehead atoms. The average molecular weight is 360 g/mol. The number of aryl methyl sites for hydroxylation is 1. The summed E-state index contributed by atoms with van der Waals surface area (Å²) in [6.45, 7) is 4.39. The van der Waals surface area contributed by atoms with Crippen molar-refractivity contribution < 1.29 is 9.72 Å². The highest BCUT2D eigenvalue weighted by molar-refractivity contribution is 5.96. The van der Waals surface area contributed by atoms with Gasteiger partial charge in [-0.05, 0) is 75.0 Å². The first-order valence-corrected chi connectivity index (χ1v) is 9.96. The summed E-state index contributed by atoms with van der Waals surface area (Å²) in [7, 11) is 0. The van der Waals surface area contributed by atoms with E-state index in [1.165, 1.54) is 49.4 Å². The Morgan fingerprint density at radius 1 is 1.31 bits per heavy atom. The number of nitrogens with one attached hydrogen (secondary N) is 1. The molecule has 5 rings (SSSR count). The first-order valence-electron chi connectivity index (χ1n) is 9.96. The number of rotatable bonds is 6. The van der Waals surface area contributed by atoms with Crippen LogP contribution in [0.25, 0.3) is 0 Å². The van der Waals surface area contributed by atoms with Crippen LogP contribution in [0.5, 0.6) is 0 Å². The summed E-state index contributed by atoms with van der Waals surface area (Å²) < 4.78 is 1.43. The van der Waals surface area contributed by atoms with E-state index >= 15 is 0 Å². The molecule has 1 unspecified atom stereocenters. The van der Waals surface area contributed by atoms with Crippen LogP contribution in [0.3, 0.4) is 0 Å². The van der Waals surface area contributed by atoms with Crippen molar-refractivity contribution in [2.75, 3.05) is 0 Å². The molecule has 0 aliphatic heterocycles. The molecule has 1 atom stereocenters. The Morgan fingerprint density at radius 3 is 2.35 bits per heavy atom. The molecule has 1 amide bonds. The lowest BCUT2D eigenvalue weighted by Crippen LogP contribution is -2.56. The van der Waals surface area contributed by atoms with Gasteiger partial charge in [0, 0.05) is 12.6 Å². The van der Waals surface area contributed by atoms with Crippen molar-refractivity contribution >= 4 is 11.6 Å². The van der Waals surface area contributed by atoms with Gasteiger partial charge in [0.25, 0.3) is 5.91 Å². The minimum absolute atomic E-state index is 0.0840. The second-order valence-corrected chi connectivity index (χ2v) is 8.67. The molecule has 1 aromatic rings. The number of carbonyl (C=O) groups excluding carboxylic acids is 1. The van der Waals surface area contributed by atoms with Crippen molar-refractivity contribution in [1.82, 2.24) is 15.1 Å².